The first-order valence-electron chi connectivity index (χ1n) is 18.8. The summed E-state index contributed by atoms with van der Waals surface area (Å²) in [4.78, 5) is 65.9. The zero-order valence-electron chi connectivity index (χ0n) is 32.5. The van der Waals surface area contributed by atoms with Crippen molar-refractivity contribution < 1.29 is 29.4 Å². The highest BCUT2D eigenvalue weighted by atomic mass is 16.4. The first-order valence-corrected chi connectivity index (χ1v) is 18.8. The van der Waals surface area contributed by atoms with E-state index in [1.807, 2.05) is 85.8 Å². The lowest BCUT2D eigenvalue weighted by molar-refractivity contribution is -0.138. The van der Waals surface area contributed by atoms with Crippen molar-refractivity contribution >= 4 is 47.4 Å². The maximum Gasteiger partial charge on any atom is 0.303 e. The molecule has 1 aliphatic rings. The Morgan fingerprint density at radius 3 is 1.98 bits per heavy atom. The van der Waals surface area contributed by atoms with Crippen molar-refractivity contribution in [2.45, 2.75) is 106 Å². The van der Waals surface area contributed by atoms with Crippen LogP contribution in [0.15, 0.2) is 12.1 Å². The fraction of sp³-hybridized carbons (Fsp3) is 0.429. The van der Waals surface area contributed by atoms with E-state index in [1.54, 1.807) is 0 Å². The van der Waals surface area contributed by atoms with Gasteiger partial charge in [0.2, 0.25) is 5.91 Å². The Kier molecular flexibility index (Phi) is 12.1. The average molecular weight is 739 g/mol. The van der Waals surface area contributed by atoms with Crippen LogP contribution in [0, 0.1) is 39.5 Å². The standard InChI is InChI=1S/C42H54N6O6/c1-9-20(3)38(43)42(54)48-40(21(4)10-2)41(53)37-34-16-22(5)29(45-34)18-31-25(8)28(12-14-36(51)52)33(47-31)19-32-27(11-13-35(49)50)24(7)30(46-32)17-26-15-23(6)39(37)44-26/h15-21,38,40,44-47H,9-14,43H2,1-8H3,(H,48,54)(H,49,50)(H,51,52)/t20-,21-,38-,40-/m0/s1. The minimum atomic E-state index is -0.910. The van der Waals surface area contributed by atoms with E-state index in [1.165, 1.54) is 0 Å². The molecular weight excluding hydrogens is 684 g/mol. The van der Waals surface area contributed by atoms with Crippen molar-refractivity contribution in [2.75, 3.05) is 0 Å². The van der Waals surface area contributed by atoms with Gasteiger partial charge in [0.05, 0.1) is 28.7 Å². The molecule has 1 aliphatic heterocycles. The number of nitrogens with one attached hydrogen (secondary N) is 5. The number of nitrogens with two attached hydrogens (primary N) is 1. The Morgan fingerprint density at radius 1 is 0.722 bits per heavy atom. The van der Waals surface area contributed by atoms with E-state index in [0.717, 1.165) is 72.9 Å². The second-order valence-electron chi connectivity index (χ2n) is 14.9. The van der Waals surface area contributed by atoms with Crippen LogP contribution >= 0.6 is 0 Å². The highest BCUT2D eigenvalue weighted by molar-refractivity contribution is 6.23. The van der Waals surface area contributed by atoms with Gasteiger partial charge >= 0.3 is 11.9 Å². The number of aromatic nitrogens is 4. The Morgan fingerprint density at radius 2 is 1.35 bits per heavy atom. The zero-order chi connectivity index (χ0) is 39.6. The molecule has 0 aliphatic carbocycles. The van der Waals surface area contributed by atoms with Crippen molar-refractivity contribution in [3.8, 4) is 0 Å². The molecule has 288 valence electrons. The summed E-state index contributed by atoms with van der Waals surface area (Å²) >= 11 is 0. The molecule has 8 bridgehead atoms. The summed E-state index contributed by atoms with van der Waals surface area (Å²) in [5.41, 5.74) is 14.7. The summed E-state index contributed by atoms with van der Waals surface area (Å²) in [6, 6.07) is 2.28. The molecule has 1 amide bonds. The number of aromatic amines is 4. The van der Waals surface area contributed by atoms with E-state index in [4.69, 9.17) is 5.73 Å². The van der Waals surface area contributed by atoms with Gasteiger partial charge in [0.15, 0.2) is 5.78 Å². The van der Waals surface area contributed by atoms with Gasteiger partial charge in [-0.3, -0.25) is 19.2 Å². The molecule has 54 heavy (non-hydrogen) atoms. The summed E-state index contributed by atoms with van der Waals surface area (Å²) in [6.07, 6.45) is 7.65. The van der Waals surface area contributed by atoms with Crippen LogP contribution in [0.2, 0.25) is 0 Å². The first kappa shape index (κ1) is 39.8. The minimum Gasteiger partial charge on any atom is -0.481 e. The maximum atomic E-state index is 15.0. The molecule has 0 unspecified atom stereocenters. The minimum absolute atomic E-state index is 0.0653. The number of hydrogen-bond acceptors (Lipinski definition) is 5. The van der Waals surface area contributed by atoms with E-state index < -0.39 is 24.0 Å². The third-order valence-corrected chi connectivity index (χ3v) is 11.2. The molecule has 4 atom stereocenters. The maximum absolute atomic E-state index is 15.0. The number of aliphatic carboxylic acids is 2. The van der Waals surface area contributed by atoms with Crippen LogP contribution in [0.3, 0.4) is 0 Å². The molecular formula is C42H54N6O6. The van der Waals surface area contributed by atoms with Crippen LogP contribution in [0.5, 0.6) is 0 Å². The monoisotopic (exact) mass is 738 g/mol. The number of aryl methyl sites for hydroxylation is 2. The molecule has 0 fully saturated rings. The molecule has 5 heterocycles. The highest BCUT2D eigenvalue weighted by Gasteiger charge is 2.33. The van der Waals surface area contributed by atoms with Crippen LogP contribution in [0.4, 0.5) is 0 Å². The van der Waals surface area contributed by atoms with Gasteiger partial charge in [-0.25, -0.2) is 0 Å². The Balaban J connectivity index is 1.84. The predicted octanol–water partition coefficient (Wildman–Crippen LogP) is 2.74. The fourth-order valence-electron chi connectivity index (χ4n) is 7.24. The van der Waals surface area contributed by atoms with Crippen molar-refractivity contribution in [1.29, 1.82) is 0 Å². The number of fused-ring (bicyclic) bond motifs is 8. The Bertz CT molecular complexity index is 2350. The molecule has 0 saturated carbocycles. The number of carboxylic acid groups (broad SMARTS) is 2. The summed E-state index contributed by atoms with van der Waals surface area (Å²) < 4.78 is 0. The quantitative estimate of drug-likeness (QED) is 0.0969. The SMILES string of the molecule is CC[C@H](C)[C@H](N)C(=O)N[C@H](C(=O)C1=c2[nH]c(cc2C)=Cc2[nH]c(c(CCC(=O)O)c2C)C=c2[nH]c(c(C)c2CCC(=O)O)=Cc2[nH]c1cc2C)[C@@H](C)CC. The van der Waals surface area contributed by atoms with Gasteiger partial charge < -0.3 is 41.2 Å². The number of H-pyrrole nitrogens is 4. The van der Waals surface area contributed by atoms with Crippen molar-refractivity contribution in [3.63, 3.8) is 0 Å². The van der Waals surface area contributed by atoms with Gasteiger partial charge in [-0.1, -0.05) is 40.5 Å². The third-order valence-electron chi connectivity index (χ3n) is 11.2. The molecule has 4 aromatic rings. The number of ketones is 1. The number of carboxylic acids is 2. The molecule has 9 N–H and O–H groups in total. The van der Waals surface area contributed by atoms with Gasteiger partial charge in [-0.15, -0.1) is 0 Å². The van der Waals surface area contributed by atoms with Crippen molar-refractivity contribution in [3.05, 3.63) is 89.7 Å². The van der Waals surface area contributed by atoms with E-state index >= 15 is 0 Å². The highest BCUT2D eigenvalue weighted by Crippen LogP contribution is 2.24. The number of hydrogen-bond donors (Lipinski definition) is 8. The lowest BCUT2D eigenvalue weighted by Crippen LogP contribution is -2.53. The molecule has 0 spiro atoms. The number of amides is 1. The summed E-state index contributed by atoms with van der Waals surface area (Å²) in [6.45, 7) is 15.6. The van der Waals surface area contributed by atoms with Crippen LogP contribution in [-0.4, -0.2) is 65.9 Å². The summed E-state index contributed by atoms with van der Waals surface area (Å²) in [7, 11) is 0. The molecule has 0 saturated heterocycles. The van der Waals surface area contributed by atoms with Crippen LogP contribution in [0.1, 0.15) is 110 Å². The molecule has 5 rings (SSSR count). The topological polar surface area (TPSA) is 210 Å². The zero-order valence-corrected chi connectivity index (χ0v) is 32.5. The number of Topliss-reactive ketones (excluding diaryl/α,β-unsaturated/α-hetero) is 1. The first-order chi connectivity index (χ1) is 25.5. The van der Waals surface area contributed by atoms with Crippen molar-refractivity contribution in [1.82, 2.24) is 25.3 Å². The van der Waals surface area contributed by atoms with Gasteiger partial charge in [0.1, 0.15) is 0 Å². The molecule has 0 aromatic carbocycles. The Labute approximate surface area is 314 Å². The average Bonchev–Trinajstić information content (AvgIpc) is 3.83. The number of carbonyl (C=O) groups excluding carboxylic acids is 2. The normalized spacial score (nSPS) is 14.6. The van der Waals surface area contributed by atoms with Gasteiger partial charge in [0.25, 0.3) is 0 Å². The van der Waals surface area contributed by atoms with Gasteiger partial charge in [-0.2, -0.15) is 0 Å². The lowest BCUT2D eigenvalue weighted by atomic mass is 9.89. The molecule has 12 heteroatoms. The van der Waals surface area contributed by atoms with Crippen LogP contribution in [0.25, 0.3) is 23.8 Å². The Hall–Kier alpha value is -5.36. The summed E-state index contributed by atoms with van der Waals surface area (Å²) in [5.74, 6) is -2.71. The largest absolute Gasteiger partial charge is 0.481 e. The number of rotatable bonds is 14. The van der Waals surface area contributed by atoms with E-state index in [2.05, 4.69) is 25.3 Å². The smallest absolute Gasteiger partial charge is 0.303 e. The summed E-state index contributed by atoms with van der Waals surface area (Å²) in [5, 5.41) is 25.0. The third kappa shape index (κ3) is 8.23. The predicted molar refractivity (Wildman–Crippen MR) is 210 cm³/mol. The van der Waals surface area contributed by atoms with Gasteiger partial charge in [-0.05, 0) is 116 Å². The van der Waals surface area contributed by atoms with E-state index in [0.29, 0.717) is 23.0 Å². The molecule has 4 aromatic heterocycles. The fourth-order valence-corrected chi connectivity index (χ4v) is 7.24. The molecule has 0 radical (unpaired) electrons. The molecule has 12 nitrogen and oxygen atoms in total. The number of carbonyl (C=O) groups is 4. The van der Waals surface area contributed by atoms with Crippen LogP contribution in [-0.2, 0) is 32.0 Å². The van der Waals surface area contributed by atoms with E-state index in [9.17, 15) is 29.4 Å². The van der Waals surface area contributed by atoms with Crippen LogP contribution < -0.4 is 32.4 Å². The van der Waals surface area contributed by atoms with Crippen molar-refractivity contribution in [2.24, 2.45) is 17.6 Å². The van der Waals surface area contributed by atoms with Gasteiger partial charge in [0, 0.05) is 46.0 Å². The second kappa shape index (κ2) is 16.3. The van der Waals surface area contributed by atoms with E-state index in [-0.39, 0.29) is 49.2 Å². The second-order valence-corrected chi connectivity index (χ2v) is 14.9. The lowest BCUT2D eigenvalue weighted by Gasteiger charge is -2.27.